The highest BCUT2D eigenvalue weighted by molar-refractivity contribution is 5.23. The molecule has 0 unspecified atom stereocenters. The Morgan fingerprint density at radius 1 is 1.35 bits per heavy atom. The van der Waals surface area contributed by atoms with Gasteiger partial charge in [-0.15, -0.1) is 0 Å². The van der Waals surface area contributed by atoms with Gasteiger partial charge in [0.25, 0.3) is 0 Å². The molecule has 1 saturated heterocycles. The molecule has 0 amide bonds. The summed E-state index contributed by atoms with van der Waals surface area (Å²) in [4.78, 5) is 1.90. The van der Waals surface area contributed by atoms with Crippen molar-refractivity contribution < 1.29 is 19.0 Å². The van der Waals surface area contributed by atoms with Crippen LogP contribution in [0.1, 0.15) is 38.3 Å². The quantitative estimate of drug-likeness (QED) is 0.891. The maximum atomic E-state index is 13.9. The molecule has 0 radical (unpaired) electrons. The monoisotopic (exact) mass is 285 g/mol. The van der Waals surface area contributed by atoms with Crippen molar-refractivity contribution in [3.63, 3.8) is 0 Å². The molecule has 1 aliphatic rings. The number of halogens is 2. The summed E-state index contributed by atoms with van der Waals surface area (Å²) >= 11 is 0. The van der Waals surface area contributed by atoms with Crippen molar-refractivity contribution in [3.8, 4) is 0 Å². The molecule has 2 atom stereocenters. The van der Waals surface area contributed by atoms with E-state index in [-0.39, 0.29) is 11.6 Å². The average molecular weight is 285 g/mol. The molecule has 1 fully saturated rings. The van der Waals surface area contributed by atoms with Crippen molar-refractivity contribution in [2.24, 2.45) is 0 Å². The lowest BCUT2D eigenvalue weighted by Crippen LogP contribution is -2.32. The van der Waals surface area contributed by atoms with Crippen LogP contribution in [0.4, 0.5) is 8.78 Å². The summed E-state index contributed by atoms with van der Waals surface area (Å²) in [6, 6.07) is 3.05. The summed E-state index contributed by atoms with van der Waals surface area (Å²) in [6.45, 7) is 4.35. The molecule has 1 aliphatic heterocycles. The third kappa shape index (κ3) is 3.75. The van der Waals surface area contributed by atoms with Gasteiger partial charge in [-0.05, 0) is 44.9 Å². The summed E-state index contributed by atoms with van der Waals surface area (Å²) in [5.74, 6) is -0.941. The van der Waals surface area contributed by atoms with Crippen molar-refractivity contribution in [3.05, 3.63) is 35.4 Å². The fourth-order valence-electron chi connectivity index (χ4n) is 2.64. The highest BCUT2D eigenvalue weighted by Gasteiger charge is 2.34. The van der Waals surface area contributed by atoms with Crippen molar-refractivity contribution in [1.29, 1.82) is 0 Å². The largest absolute Gasteiger partial charge is 0.392 e. The Balaban J connectivity index is 2.17. The van der Waals surface area contributed by atoms with Crippen LogP contribution in [0, 0.1) is 11.6 Å². The Morgan fingerprint density at radius 2 is 2.05 bits per heavy atom. The van der Waals surface area contributed by atoms with Crippen LogP contribution in [-0.2, 0) is 0 Å². The van der Waals surface area contributed by atoms with Crippen LogP contribution in [0.25, 0.3) is 0 Å². The smallest absolute Gasteiger partial charge is 0.128 e. The number of rotatable bonds is 4. The summed E-state index contributed by atoms with van der Waals surface area (Å²) in [7, 11) is 0. The van der Waals surface area contributed by atoms with Gasteiger partial charge in [-0.25, -0.2) is 8.78 Å². The molecule has 5 heteroatoms. The minimum Gasteiger partial charge on any atom is -0.392 e. The number of β-amino-alcohol motifs (C(OH)–C–C–N with tert-alkyl or cyclic N) is 1. The summed E-state index contributed by atoms with van der Waals surface area (Å²) in [6.07, 6.45) is 0.337. The molecule has 0 saturated carbocycles. The first-order chi connectivity index (χ1) is 9.26. The zero-order valence-corrected chi connectivity index (χ0v) is 11.8. The molecule has 0 spiro atoms. The van der Waals surface area contributed by atoms with E-state index in [1.54, 1.807) is 13.8 Å². The lowest BCUT2D eigenvalue weighted by Gasteiger charge is -2.27. The Morgan fingerprint density at radius 3 is 2.70 bits per heavy atom. The lowest BCUT2D eigenvalue weighted by molar-refractivity contribution is 0.0541. The molecule has 2 N–H and O–H groups in total. The van der Waals surface area contributed by atoms with Gasteiger partial charge in [0.1, 0.15) is 11.6 Å². The zero-order chi connectivity index (χ0) is 14.9. The SMILES string of the molecule is CC(C)(O)CCN1C[C@H](O)C[C@@H]1c1cc(F)ccc1F. The molecular weight excluding hydrogens is 264 g/mol. The summed E-state index contributed by atoms with van der Waals surface area (Å²) in [5.41, 5.74) is -0.546. The summed E-state index contributed by atoms with van der Waals surface area (Å²) in [5, 5.41) is 19.6. The molecule has 0 aliphatic carbocycles. The number of benzene rings is 1. The minimum atomic E-state index is -0.821. The van der Waals surface area contributed by atoms with Crippen molar-refractivity contribution in [1.82, 2.24) is 4.90 Å². The van der Waals surface area contributed by atoms with Gasteiger partial charge in [-0.2, -0.15) is 0 Å². The minimum absolute atomic E-state index is 0.275. The van der Waals surface area contributed by atoms with Gasteiger partial charge in [-0.1, -0.05) is 0 Å². The van der Waals surface area contributed by atoms with E-state index in [9.17, 15) is 19.0 Å². The van der Waals surface area contributed by atoms with Gasteiger partial charge in [0.05, 0.1) is 11.7 Å². The summed E-state index contributed by atoms with van der Waals surface area (Å²) < 4.78 is 27.2. The van der Waals surface area contributed by atoms with Crippen LogP contribution in [0.2, 0.25) is 0 Å². The van der Waals surface area contributed by atoms with Gasteiger partial charge < -0.3 is 10.2 Å². The van der Waals surface area contributed by atoms with E-state index in [1.165, 1.54) is 6.07 Å². The van der Waals surface area contributed by atoms with Crippen molar-refractivity contribution >= 4 is 0 Å². The average Bonchev–Trinajstić information content (AvgIpc) is 2.70. The second-order valence-electron chi connectivity index (χ2n) is 6.13. The van der Waals surface area contributed by atoms with Gasteiger partial charge in [0.2, 0.25) is 0 Å². The second kappa shape index (κ2) is 5.76. The Bertz CT molecular complexity index is 473. The Labute approximate surface area is 117 Å². The van der Waals surface area contributed by atoms with E-state index in [0.717, 1.165) is 12.1 Å². The predicted molar refractivity (Wildman–Crippen MR) is 72.2 cm³/mol. The highest BCUT2D eigenvalue weighted by atomic mass is 19.1. The third-order valence-electron chi connectivity index (χ3n) is 3.71. The fraction of sp³-hybridized carbons (Fsp3) is 0.600. The fourth-order valence-corrected chi connectivity index (χ4v) is 2.64. The molecule has 1 aromatic carbocycles. The van der Waals surface area contributed by atoms with E-state index < -0.39 is 23.3 Å². The van der Waals surface area contributed by atoms with Crippen molar-refractivity contribution in [2.45, 2.75) is 44.4 Å². The molecule has 0 bridgehead atoms. The molecule has 20 heavy (non-hydrogen) atoms. The van der Waals surface area contributed by atoms with E-state index in [4.69, 9.17) is 0 Å². The van der Waals surface area contributed by atoms with Gasteiger partial charge in [0, 0.05) is 24.7 Å². The van der Waals surface area contributed by atoms with Crippen LogP contribution in [0.3, 0.4) is 0 Å². The number of nitrogens with zero attached hydrogens (tertiary/aromatic N) is 1. The number of hydrogen-bond acceptors (Lipinski definition) is 3. The second-order valence-corrected chi connectivity index (χ2v) is 6.13. The van der Waals surface area contributed by atoms with E-state index in [2.05, 4.69) is 0 Å². The van der Waals surface area contributed by atoms with Gasteiger partial charge in [-0.3, -0.25) is 4.90 Å². The molecule has 2 rings (SSSR count). The first-order valence-electron chi connectivity index (χ1n) is 6.86. The van der Waals surface area contributed by atoms with E-state index in [0.29, 0.717) is 25.9 Å². The zero-order valence-electron chi connectivity index (χ0n) is 11.8. The first kappa shape index (κ1) is 15.4. The number of aliphatic hydroxyl groups is 2. The van der Waals surface area contributed by atoms with E-state index >= 15 is 0 Å². The standard InChI is InChI=1S/C15H21F2NO2/c1-15(2,20)5-6-18-9-11(19)8-14(18)12-7-10(16)3-4-13(12)17/h3-4,7,11,14,19-20H,5-6,8-9H2,1-2H3/t11-,14-/m1/s1. The van der Waals surface area contributed by atoms with Gasteiger partial charge >= 0.3 is 0 Å². The third-order valence-corrected chi connectivity index (χ3v) is 3.71. The van der Waals surface area contributed by atoms with Crippen molar-refractivity contribution in [2.75, 3.05) is 13.1 Å². The van der Waals surface area contributed by atoms with Crippen LogP contribution >= 0.6 is 0 Å². The first-order valence-corrected chi connectivity index (χ1v) is 6.86. The van der Waals surface area contributed by atoms with Gasteiger partial charge in [0.15, 0.2) is 0 Å². The predicted octanol–water partition coefficient (Wildman–Crippen LogP) is 2.23. The molecule has 112 valence electrons. The van der Waals surface area contributed by atoms with Crippen LogP contribution in [0.5, 0.6) is 0 Å². The van der Waals surface area contributed by atoms with Crippen LogP contribution < -0.4 is 0 Å². The number of hydrogen-bond donors (Lipinski definition) is 2. The lowest BCUT2D eigenvalue weighted by atomic mass is 10.0. The molecular formula is C15H21F2NO2. The normalized spacial score (nSPS) is 24.3. The number of likely N-dealkylation sites (tertiary alicyclic amines) is 1. The van der Waals surface area contributed by atoms with E-state index in [1.807, 2.05) is 4.90 Å². The van der Waals surface area contributed by atoms with Crippen LogP contribution in [-0.4, -0.2) is 39.9 Å². The molecule has 0 aromatic heterocycles. The highest BCUT2D eigenvalue weighted by Crippen LogP contribution is 2.34. The Hall–Kier alpha value is -1.04. The maximum absolute atomic E-state index is 13.9. The van der Waals surface area contributed by atoms with Crippen LogP contribution in [0.15, 0.2) is 18.2 Å². The topological polar surface area (TPSA) is 43.7 Å². The molecule has 1 aromatic rings. The Kier molecular flexibility index (Phi) is 4.42. The molecule has 1 heterocycles. The molecule has 3 nitrogen and oxygen atoms in total. The maximum Gasteiger partial charge on any atom is 0.128 e. The number of aliphatic hydroxyl groups excluding tert-OH is 1.